The van der Waals surface area contributed by atoms with E-state index in [0.29, 0.717) is 15.5 Å². The lowest BCUT2D eigenvalue weighted by atomic mass is 9.91. The predicted octanol–water partition coefficient (Wildman–Crippen LogP) is 5.67. The van der Waals surface area contributed by atoms with Crippen molar-refractivity contribution in [3.8, 4) is 5.75 Å². The molecule has 0 spiro atoms. The van der Waals surface area contributed by atoms with Gasteiger partial charge in [-0.1, -0.05) is 26.8 Å². The van der Waals surface area contributed by atoms with Gasteiger partial charge in [0.05, 0.1) is 11.3 Å². The van der Waals surface area contributed by atoms with E-state index >= 15 is 0 Å². The van der Waals surface area contributed by atoms with E-state index in [9.17, 15) is 4.79 Å². The topological polar surface area (TPSA) is 56.8 Å². The van der Waals surface area contributed by atoms with Crippen LogP contribution >= 0.6 is 0 Å². The number of hydrogen-bond donors (Lipinski definition) is 1. The van der Waals surface area contributed by atoms with E-state index in [2.05, 4.69) is 39.9 Å². The van der Waals surface area contributed by atoms with Crippen LogP contribution in [-0.4, -0.2) is 33.2 Å². The highest BCUT2D eigenvalue weighted by atomic mass is 28.2. The summed E-state index contributed by atoms with van der Waals surface area (Å²) >= 11 is 0. The van der Waals surface area contributed by atoms with Gasteiger partial charge in [-0.15, -0.1) is 0 Å². The molecule has 2 rings (SSSR count). The maximum absolute atomic E-state index is 12.2. The molecule has 0 saturated carbocycles. The molecule has 0 saturated heterocycles. The van der Waals surface area contributed by atoms with Crippen LogP contribution in [0.15, 0.2) is 12.1 Å². The van der Waals surface area contributed by atoms with Crippen molar-refractivity contribution in [2.24, 2.45) is 0 Å². The first kappa shape index (κ1) is 22.8. The zero-order valence-electron chi connectivity index (χ0n) is 18.8. The van der Waals surface area contributed by atoms with Crippen LogP contribution in [0.1, 0.15) is 72.9 Å². The lowest BCUT2D eigenvalue weighted by molar-refractivity contribution is -0.0242. The average Bonchev–Trinajstić information content (AvgIpc) is 2.53. The van der Waals surface area contributed by atoms with Gasteiger partial charge in [-0.2, -0.15) is 0 Å². The number of aryl methyl sites for hydroxylation is 1. The van der Waals surface area contributed by atoms with E-state index in [1.54, 1.807) is 0 Å². The van der Waals surface area contributed by atoms with Crippen molar-refractivity contribution in [1.82, 2.24) is 0 Å². The van der Waals surface area contributed by atoms with Crippen LogP contribution in [-0.2, 0) is 15.6 Å². The molecule has 5 nitrogen and oxygen atoms in total. The van der Waals surface area contributed by atoms with Crippen LogP contribution < -0.4 is 10.1 Å². The standard InChI is InChI=1S/C22H35NO4Si/c1-14-16(23-19(24)26-20(2,3)4)12-10-15-11-13-17(25-18(14)15)22(8,9)27-28-21(5,6)7/h10,12,17H,11,13H2,1-9H3,(H,23,24)/t17-/m1/s1. The van der Waals surface area contributed by atoms with Crippen LogP contribution in [0.2, 0.25) is 5.04 Å². The zero-order valence-corrected chi connectivity index (χ0v) is 19.8. The van der Waals surface area contributed by atoms with Crippen LogP contribution in [0, 0.1) is 6.92 Å². The van der Waals surface area contributed by atoms with E-state index in [-0.39, 0.29) is 16.7 Å². The minimum Gasteiger partial charge on any atom is -0.487 e. The Morgan fingerprint density at radius 1 is 1.14 bits per heavy atom. The maximum Gasteiger partial charge on any atom is 0.412 e. The number of ether oxygens (including phenoxy) is 2. The van der Waals surface area contributed by atoms with Crippen LogP contribution in [0.25, 0.3) is 0 Å². The van der Waals surface area contributed by atoms with Gasteiger partial charge in [0.15, 0.2) is 0 Å². The number of amides is 1. The molecule has 0 unspecified atom stereocenters. The summed E-state index contributed by atoms with van der Waals surface area (Å²) in [6.07, 6.45) is 1.34. The van der Waals surface area contributed by atoms with Gasteiger partial charge in [0.25, 0.3) is 0 Å². The lowest BCUT2D eigenvalue weighted by Crippen LogP contribution is -2.46. The summed E-state index contributed by atoms with van der Waals surface area (Å²) in [7, 11) is 0.402. The molecule has 6 heteroatoms. The molecule has 2 radical (unpaired) electrons. The number of nitrogens with one attached hydrogen (secondary N) is 1. The van der Waals surface area contributed by atoms with Gasteiger partial charge in [0.2, 0.25) is 9.76 Å². The molecular weight excluding hydrogens is 370 g/mol. The highest BCUT2D eigenvalue weighted by Crippen LogP contribution is 2.39. The van der Waals surface area contributed by atoms with E-state index in [1.165, 1.54) is 0 Å². The number of hydrogen-bond acceptors (Lipinski definition) is 4. The van der Waals surface area contributed by atoms with Gasteiger partial charge >= 0.3 is 6.09 Å². The first-order valence-corrected chi connectivity index (χ1v) is 10.8. The molecule has 1 aliphatic heterocycles. The molecule has 1 aliphatic rings. The van der Waals surface area contributed by atoms with Gasteiger partial charge in [-0.25, -0.2) is 4.79 Å². The fraction of sp³-hybridized carbons (Fsp3) is 0.682. The largest absolute Gasteiger partial charge is 0.487 e. The molecule has 0 fully saturated rings. The van der Waals surface area contributed by atoms with E-state index in [4.69, 9.17) is 13.9 Å². The van der Waals surface area contributed by atoms with Gasteiger partial charge in [0.1, 0.15) is 17.5 Å². The van der Waals surface area contributed by atoms with Gasteiger partial charge in [0, 0.05) is 5.56 Å². The van der Waals surface area contributed by atoms with E-state index < -0.39 is 11.7 Å². The lowest BCUT2D eigenvalue weighted by Gasteiger charge is -2.39. The molecule has 0 bridgehead atoms. The monoisotopic (exact) mass is 405 g/mol. The number of fused-ring (bicyclic) bond motifs is 1. The smallest absolute Gasteiger partial charge is 0.412 e. The highest BCUT2D eigenvalue weighted by molar-refractivity contribution is 6.31. The van der Waals surface area contributed by atoms with Crippen molar-refractivity contribution in [2.75, 3.05) is 5.32 Å². The van der Waals surface area contributed by atoms with Crippen molar-refractivity contribution in [1.29, 1.82) is 0 Å². The van der Waals surface area contributed by atoms with Crippen molar-refractivity contribution in [3.05, 3.63) is 23.3 Å². The Bertz CT molecular complexity index is 716. The molecule has 1 aromatic rings. The average molecular weight is 406 g/mol. The summed E-state index contributed by atoms with van der Waals surface area (Å²) in [4.78, 5) is 12.2. The summed E-state index contributed by atoms with van der Waals surface area (Å²) in [6, 6.07) is 3.94. The van der Waals surface area contributed by atoms with Crippen LogP contribution in [0.4, 0.5) is 10.5 Å². The maximum atomic E-state index is 12.2. The summed E-state index contributed by atoms with van der Waals surface area (Å²) in [5, 5.41) is 2.97. The fourth-order valence-electron chi connectivity index (χ4n) is 2.99. The number of rotatable bonds is 4. The third-order valence-corrected chi connectivity index (χ3v) is 5.70. The quantitative estimate of drug-likeness (QED) is 0.656. The Morgan fingerprint density at radius 3 is 2.36 bits per heavy atom. The number of carbonyl (C=O) groups excluding carboxylic acids is 1. The summed E-state index contributed by atoms with van der Waals surface area (Å²) < 4.78 is 18.0. The number of anilines is 1. The summed E-state index contributed by atoms with van der Waals surface area (Å²) in [6.45, 7) is 18.2. The second kappa shape index (κ2) is 8.07. The third-order valence-electron chi connectivity index (χ3n) is 4.45. The SMILES string of the molecule is Cc1c(NC(=O)OC(C)(C)C)ccc2c1O[C@@H](C(C)(C)O[Si]C(C)(C)C)CC2. The molecular formula is C22H35NO4Si. The van der Waals surface area contributed by atoms with Gasteiger partial charge < -0.3 is 13.9 Å². The van der Waals surface area contributed by atoms with Gasteiger partial charge in [-0.3, -0.25) is 5.32 Å². The first-order chi connectivity index (χ1) is 12.7. The molecule has 0 aromatic heterocycles. The van der Waals surface area contributed by atoms with Crippen molar-refractivity contribution < 1.29 is 18.7 Å². The Morgan fingerprint density at radius 2 is 1.79 bits per heavy atom. The second-order valence-corrected chi connectivity index (χ2v) is 12.0. The second-order valence-electron chi connectivity index (χ2n) is 10.1. The molecule has 1 heterocycles. The summed E-state index contributed by atoms with van der Waals surface area (Å²) in [5.41, 5.74) is 1.87. The first-order valence-electron chi connectivity index (χ1n) is 9.92. The molecule has 1 aromatic carbocycles. The minimum atomic E-state index is -0.539. The Balaban J connectivity index is 2.16. The van der Waals surface area contributed by atoms with E-state index in [1.807, 2.05) is 39.8 Å². The normalized spacial score (nSPS) is 17.5. The summed E-state index contributed by atoms with van der Waals surface area (Å²) in [5.74, 6) is 0.848. The van der Waals surface area contributed by atoms with Crippen molar-refractivity contribution >= 4 is 21.5 Å². The molecule has 156 valence electrons. The third kappa shape index (κ3) is 6.24. The number of carbonyl (C=O) groups is 1. The molecule has 1 atom stereocenters. The Labute approximate surface area is 172 Å². The minimum absolute atomic E-state index is 0.0367. The van der Waals surface area contributed by atoms with Crippen molar-refractivity contribution in [2.45, 2.75) is 97.5 Å². The Hall–Kier alpha value is -1.53. The molecule has 1 amide bonds. The van der Waals surface area contributed by atoms with Crippen molar-refractivity contribution in [3.63, 3.8) is 0 Å². The van der Waals surface area contributed by atoms with Crippen LogP contribution in [0.3, 0.4) is 0 Å². The molecule has 28 heavy (non-hydrogen) atoms. The van der Waals surface area contributed by atoms with Crippen LogP contribution in [0.5, 0.6) is 5.75 Å². The fourth-order valence-corrected chi connectivity index (χ4v) is 3.69. The highest BCUT2D eigenvalue weighted by Gasteiger charge is 2.37. The number of benzene rings is 1. The zero-order chi connectivity index (χ0) is 21.3. The Kier molecular flexibility index (Phi) is 6.56. The van der Waals surface area contributed by atoms with Gasteiger partial charge in [-0.05, 0) is 71.1 Å². The van der Waals surface area contributed by atoms with E-state index in [0.717, 1.165) is 29.7 Å². The molecule has 1 N–H and O–H groups in total. The predicted molar refractivity (Wildman–Crippen MR) is 114 cm³/mol. The molecule has 0 aliphatic carbocycles.